The van der Waals surface area contributed by atoms with Crippen LogP contribution in [0, 0.1) is 5.92 Å². The smallest absolute Gasteiger partial charge is 0.228 e. The van der Waals surface area contributed by atoms with E-state index in [1.165, 1.54) is 12.8 Å². The summed E-state index contributed by atoms with van der Waals surface area (Å²) in [6.07, 6.45) is 3.60. The molecule has 0 bridgehead atoms. The maximum absolute atomic E-state index is 12.3. The number of carbonyl (C=O) groups excluding carboxylic acids is 2. The molecule has 1 heterocycles. The number of nitrogens with one attached hydrogen (secondary N) is 2. The molecule has 0 spiro atoms. The van der Waals surface area contributed by atoms with Gasteiger partial charge in [-0.1, -0.05) is 18.2 Å². The van der Waals surface area contributed by atoms with Gasteiger partial charge in [0.1, 0.15) is 0 Å². The number of para-hydroxylation sites is 1. The Morgan fingerprint density at radius 1 is 1.32 bits per heavy atom. The highest BCUT2D eigenvalue weighted by molar-refractivity contribution is 6.01. The van der Waals surface area contributed by atoms with Gasteiger partial charge in [0, 0.05) is 31.9 Å². The molecule has 0 aromatic heterocycles. The number of fused-ring (bicyclic) bond motifs is 1. The van der Waals surface area contributed by atoms with Crippen LogP contribution in [0.1, 0.15) is 37.2 Å². The second-order valence-corrected chi connectivity index (χ2v) is 6.06. The Bertz CT molecular complexity index is 555. The average Bonchev–Trinajstić information content (AvgIpc) is 3.33. The third-order valence-electron chi connectivity index (χ3n) is 4.13. The van der Waals surface area contributed by atoms with Crippen molar-refractivity contribution >= 4 is 17.5 Å². The Hall–Kier alpha value is -1.88. The molecule has 22 heavy (non-hydrogen) atoms. The summed E-state index contributed by atoms with van der Waals surface area (Å²) in [5.74, 6) is 0.195. The Morgan fingerprint density at radius 2 is 2.14 bits per heavy atom. The fourth-order valence-corrected chi connectivity index (χ4v) is 2.69. The molecule has 2 amide bonds. The van der Waals surface area contributed by atoms with Gasteiger partial charge in [-0.15, -0.1) is 0 Å². The van der Waals surface area contributed by atoms with E-state index in [0.29, 0.717) is 13.2 Å². The van der Waals surface area contributed by atoms with Gasteiger partial charge in [-0.3, -0.25) is 9.59 Å². The van der Waals surface area contributed by atoms with E-state index < -0.39 is 5.92 Å². The molecule has 1 aromatic carbocycles. The fraction of sp³-hybridized carbons (Fsp3) is 0.529. The Morgan fingerprint density at radius 3 is 2.95 bits per heavy atom. The summed E-state index contributed by atoms with van der Waals surface area (Å²) in [6, 6.07) is 7.48. The normalized spacial score (nSPS) is 20.2. The van der Waals surface area contributed by atoms with Crippen molar-refractivity contribution in [2.45, 2.75) is 31.6 Å². The van der Waals surface area contributed by atoms with Gasteiger partial charge in [0.2, 0.25) is 11.8 Å². The van der Waals surface area contributed by atoms with Gasteiger partial charge in [-0.05, 0) is 36.8 Å². The van der Waals surface area contributed by atoms with Crippen molar-refractivity contribution in [2.24, 2.45) is 5.92 Å². The van der Waals surface area contributed by atoms with E-state index in [1.807, 2.05) is 24.3 Å². The van der Waals surface area contributed by atoms with Gasteiger partial charge in [0.25, 0.3) is 0 Å². The van der Waals surface area contributed by atoms with E-state index >= 15 is 0 Å². The Kier molecular flexibility index (Phi) is 4.73. The summed E-state index contributed by atoms with van der Waals surface area (Å²) in [7, 11) is 0. The first kappa shape index (κ1) is 15.0. The molecule has 1 unspecified atom stereocenters. The number of carbonyl (C=O) groups is 2. The maximum Gasteiger partial charge on any atom is 0.228 e. The van der Waals surface area contributed by atoms with Gasteiger partial charge in [0.05, 0.1) is 5.92 Å². The molecule has 3 rings (SSSR count). The number of benzene rings is 1. The summed E-state index contributed by atoms with van der Waals surface area (Å²) >= 11 is 0. The zero-order valence-corrected chi connectivity index (χ0v) is 12.6. The lowest BCUT2D eigenvalue weighted by molar-refractivity contribution is -0.126. The van der Waals surface area contributed by atoms with Crippen molar-refractivity contribution in [1.29, 1.82) is 0 Å². The van der Waals surface area contributed by atoms with Crippen LogP contribution in [0.15, 0.2) is 24.3 Å². The van der Waals surface area contributed by atoms with Crippen LogP contribution in [0.25, 0.3) is 0 Å². The van der Waals surface area contributed by atoms with Crippen molar-refractivity contribution in [3.05, 3.63) is 29.8 Å². The van der Waals surface area contributed by atoms with Crippen LogP contribution in [0.5, 0.6) is 0 Å². The number of hydrogen-bond donors (Lipinski definition) is 2. The van der Waals surface area contributed by atoms with Gasteiger partial charge in [0.15, 0.2) is 0 Å². The van der Waals surface area contributed by atoms with E-state index in [0.717, 1.165) is 30.2 Å². The first-order valence-electron chi connectivity index (χ1n) is 7.98. The molecule has 5 heteroatoms. The molecule has 2 aliphatic rings. The highest BCUT2D eigenvalue weighted by Gasteiger charge is 2.30. The molecule has 1 saturated carbocycles. The van der Waals surface area contributed by atoms with Crippen molar-refractivity contribution in [3.8, 4) is 0 Å². The van der Waals surface area contributed by atoms with Crippen LogP contribution >= 0.6 is 0 Å². The third kappa shape index (κ3) is 3.85. The summed E-state index contributed by atoms with van der Waals surface area (Å²) in [5, 5.41) is 5.72. The van der Waals surface area contributed by atoms with Crippen LogP contribution in [0.2, 0.25) is 0 Å². The van der Waals surface area contributed by atoms with Crippen LogP contribution in [-0.4, -0.2) is 31.6 Å². The lowest BCUT2D eigenvalue weighted by Gasteiger charge is -2.24. The van der Waals surface area contributed by atoms with E-state index in [2.05, 4.69) is 10.6 Å². The standard InChI is InChI=1S/C17H22N2O3/c20-16-10-14(13-4-1-2-5-15(13)19-16)17(21)18-8-3-9-22-11-12-6-7-12/h1-2,4-5,12,14H,3,6-11H2,(H,18,21)(H,19,20). The van der Waals surface area contributed by atoms with E-state index in [4.69, 9.17) is 4.74 Å². The molecule has 1 atom stereocenters. The first-order valence-corrected chi connectivity index (χ1v) is 7.98. The summed E-state index contributed by atoms with van der Waals surface area (Å²) in [6.45, 7) is 2.12. The SMILES string of the molecule is O=C1CC(C(=O)NCCCOCC2CC2)c2ccccc2N1. The molecule has 0 radical (unpaired) electrons. The van der Waals surface area contributed by atoms with Crippen LogP contribution in [0.4, 0.5) is 5.69 Å². The molecule has 1 aliphatic heterocycles. The largest absolute Gasteiger partial charge is 0.381 e. The molecule has 1 fully saturated rings. The van der Waals surface area contributed by atoms with Crippen molar-refractivity contribution < 1.29 is 14.3 Å². The van der Waals surface area contributed by atoms with Crippen molar-refractivity contribution in [1.82, 2.24) is 5.32 Å². The Balaban J connectivity index is 1.46. The zero-order chi connectivity index (χ0) is 15.4. The second-order valence-electron chi connectivity index (χ2n) is 6.06. The molecule has 118 valence electrons. The summed E-state index contributed by atoms with van der Waals surface area (Å²) in [4.78, 5) is 24.0. The minimum atomic E-state index is -0.391. The number of anilines is 1. The molecular weight excluding hydrogens is 280 g/mol. The fourth-order valence-electron chi connectivity index (χ4n) is 2.69. The number of rotatable bonds is 7. The monoisotopic (exact) mass is 302 g/mol. The van der Waals surface area contributed by atoms with Crippen molar-refractivity contribution in [2.75, 3.05) is 25.1 Å². The van der Waals surface area contributed by atoms with E-state index in [-0.39, 0.29) is 18.2 Å². The Labute approximate surface area is 130 Å². The molecule has 5 nitrogen and oxygen atoms in total. The first-order chi connectivity index (χ1) is 10.7. The van der Waals surface area contributed by atoms with Gasteiger partial charge < -0.3 is 15.4 Å². The van der Waals surface area contributed by atoms with E-state index in [9.17, 15) is 9.59 Å². The number of hydrogen-bond acceptors (Lipinski definition) is 3. The summed E-state index contributed by atoms with van der Waals surface area (Å²) < 4.78 is 5.54. The van der Waals surface area contributed by atoms with Crippen LogP contribution in [-0.2, 0) is 14.3 Å². The highest BCUT2D eigenvalue weighted by Crippen LogP contribution is 2.32. The van der Waals surface area contributed by atoms with Crippen molar-refractivity contribution in [3.63, 3.8) is 0 Å². The average molecular weight is 302 g/mol. The quantitative estimate of drug-likeness (QED) is 0.758. The molecular formula is C17H22N2O3. The zero-order valence-electron chi connectivity index (χ0n) is 12.6. The summed E-state index contributed by atoms with van der Waals surface area (Å²) in [5.41, 5.74) is 1.64. The number of ether oxygens (including phenoxy) is 1. The third-order valence-corrected chi connectivity index (χ3v) is 4.13. The van der Waals surface area contributed by atoms with E-state index in [1.54, 1.807) is 0 Å². The molecule has 0 saturated heterocycles. The van der Waals surface area contributed by atoms with Crippen LogP contribution in [0.3, 0.4) is 0 Å². The minimum Gasteiger partial charge on any atom is -0.381 e. The van der Waals surface area contributed by atoms with Gasteiger partial charge >= 0.3 is 0 Å². The maximum atomic E-state index is 12.3. The topological polar surface area (TPSA) is 67.4 Å². The molecule has 2 N–H and O–H groups in total. The highest BCUT2D eigenvalue weighted by atomic mass is 16.5. The van der Waals surface area contributed by atoms with Gasteiger partial charge in [-0.25, -0.2) is 0 Å². The van der Waals surface area contributed by atoms with Gasteiger partial charge in [-0.2, -0.15) is 0 Å². The molecule has 1 aromatic rings. The minimum absolute atomic E-state index is 0.0792. The predicted octanol–water partition coefficient (Wildman–Crippen LogP) is 2.05. The molecule has 1 aliphatic carbocycles. The van der Waals surface area contributed by atoms with Crippen LogP contribution < -0.4 is 10.6 Å². The lowest BCUT2D eigenvalue weighted by Crippen LogP contribution is -2.35. The predicted molar refractivity (Wildman–Crippen MR) is 83.6 cm³/mol. The lowest BCUT2D eigenvalue weighted by atomic mass is 9.90. The second kappa shape index (κ2) is 6.92. The number of amides is 2.